The van der Waals surface area contributed by atoms with Crippen LogP contribution in [0, 0.1) is 10.8 Å². The second-order valence-corrected chi connectivity index (χ2v) is 14.4. The molecule has 5 rings (SSSR count). The van der Waals surface area contributed by atoms with Crippen LogP contribution in [0.5, 0.6) is 11.5 Å². The zero-order valence-corrected chi connectivity index (χ0v) is 26.4. The molecule has 0 saturated heterocycles. The number of hydrogen-bond donors (Lipinski definition) is 0. The molecule has 3 aliphatic carbocycles. The molecule has 0 amide bonds. The number of hydrogen-bond acceptors (Lipinski definition) is 2. The monoisotopic (exact) mass is 584 g/mol. The first kappa shape index (κ1) is 30.1. The lowest BCUT2D eigenvalue weighted by Gasteiger charge is -2.69. The third-order valence-corrected chi connectivity index (χ3v) is 12.2. The van der Waals surface area contributed by atoms with E-state index in [-0.39, 0.29) is 10.8 Å². The third kappa shape index (κ3) is 6.19. The van der Waals surface area contributed by atoms with Crippen LogP contribution in [-0.4, -0.2) is 17.5 Å². The van der Waals surface area contributed by atoms with Crippen LogP contribution in [0.15, 0.2) is 48.5 Å². The summed E-state index contributed by atoms with van der Waals surface area (Å²) in [5.41, 5.74) is 3.08. The Morgan fingerprint density at radius 2 is 0.975 bits per heavy atom. The van der Waals surface area contributed by atoms with E-state index in [1.165, 1.54) is 68.9 Å². The summed E-state index contributed by atoms with van der Waals surface area (Å²) < 4.78 is 11.3. The van der Waals surface area contributed by atoms with Gasteiger partial charge < -0.3 is 9.47 Å². The molecule has 3 saturated carbocycles. The van der Waals surface area contributed by atoms with Crippen LogP contribution in [0.25, 0.3) is 0 Å². The van der Waals surface area contributed by atoms with Gasteiger partial charge in [0.15, 0.2) is 0 Å². The van der Waals surface area contributed by atoms with Gasteiger partial charge in [-0.05, 0) is 118 Å². The van der Waals surface area contributed by atoms with Crippen LogP contribution in [0.1, 0.15) is 133 Å². The molecule has 3 fully saturated rings. The van der Waals surface area contributed by atoms with Gasteiger partial charge >= 0.3 is 0 Å². The van der Waals surface area contributed by atoms with E-state index in [9.17, 15) is 0 Å². The van der Waals surface area contributed by atoms with E-state index in [1.807, 2.05) is 0 Å². The van der Waals surface area contributed by atoms with Crippen LogP contribution >= 0.6 is 23.2 Å². The van der Waals surface area contributed by atoms with Crippen molar-refractivity contribution in [2.45, 2.75) is 126 Å². The first-order valence-corrected chi connectivity index (χ1v) is 17.0. The number of rotatable bonds is 12. The maximum Gasteiger partial charge on any atom is 0.129 e. The van der Waals surface area contributed by atoms with E-state index in [1.54, 1.807) is 0 Å². The average molecular weight is 586 g/mol. The van der Waals surface area contributed by atoms with E-state index < -0.39 is 4.33 Å². The van der Waals surface area contributed by atoms with Gasteiger partial charge in [0, 0.05) is 10.8 Å². The standard InChI is InChI=1S/C36H50Cl2O2/c1-3-5-7-25-39-32-13-9-28(10-14-32)30-17-21-34(22-18-30)27-35(36(34,37)38)23-19-31(20-24-35)29-11-15-33(16-12-29)40-26-8-6-4-2/h9-16,30-31H,3-8,17-27H2,1-2H3. The quantitative estimate of drug-likeness (QED) is 0.182. The summed E-state index contributed by atoms with van der Waals surface area (Å²) in [5, 5.41) is 0. The largest absolute Gasteiger partial charge is 0.494 e. The molecule has 2 aromatic rings. The number of alkyl halides is 2. The molecule has 0 aliphatic heterocycles. The molecule has 3 aliphatic rings. The van der Waals surface area contributed by atoms with Gasteiger partial charge in [-0.3, -0.25) is 0 Å². The first-order chi connectivity index (χ1) is 19.4. The van der Waals surface area contributed by atoms with Crippen molar-refractivity contribution in [1.82, 2.24) is 0 Å². The molecule has 2 spiro atoms. The summed E-state index contributed by atoms with van der Waals surface area (Å²) in [5.74, 6) is 3.20. The second kappa shape index (κ2) is 13.3. The molecular weight excluding hydrogens is 535 g/mol. The lowest BCUT2D eigenvalue weighted by molar-refractivity contribution is -0.107. The molecule has 0 bridgehead atoms. The van der Waals surface area contributed by atoms with Crippen molar-refractivity contribution >= 4 is 23.2 Å². The topological polar surface area (TPSA) is 18.5 Å². The minimum absolute atomic E-state index is 0.0958. The van der Waals surface area contributed by atoms with Gasteiger partial charge in [-0.2, -0.15) is 0 Å². The summed E-state index contributed by atoms with van der Waals surface area (Å²) in [6, 6.07) is 17.7. The molecule has 2 nitrogen and oxygen atoms in total. The Bertz CT molecular complexity index is 962. The van der Waals surface area contributed by atoms with Gasteiger partial charge in [0.2, 0.25) is 0 Å². The molecule has 40 heavy (non-hydrogen) atoms. The van der Waals surface area contributed by atoms with Crippen LogP contribution in [-0.2, 0) is 0 Å². The summed E-state index contributed by atoms with van der Waals surface area (Å²) in [6.45, 7) is 6.08. The molecule has 0 unspecified atom stereocenters. The Morgan fingerprint density at radius 3 is 1.30 bits per heavy atom. The maximum atomic E-state index is 7.38. The summed E-state index contributed by atoms with van der Waals surface area (Å²) in [4.78, 5) is 0. The van der Waals surface area contributed by atoms with Crippen LogP contribution in [0.4, 0.5) is 0 Å². The average Bonchev–Trinajstić information content (AvgIpc) is 2.99. The van der Waals surface area contributed by atoms with E-state index in [4.69, 9.17) is 32.7 Å². The second-order valence-electron chi connectivity index (χ2n) is 13.1. The van der Waals surface area contributed by atoms with Gasteiger partial charge in [0.1, 0.15) is 15.8 Å². The molecule has 0 heterocycles. The number of ether oxygens (including phenoxy) is 2. The number of halogens is 2. The van der Waals surface area contributed by atoms with Crippen LogP contribution in [0.3, 0.4) is 0 Å². The SMILES string of the molecule is CCCCCOc1ccc(C2CCC3(CC2)CC2(CCC(c4ccc(OCCCCC)cc4)CC2)C3(Cl)Cl)cc1. The van der Waals surface area contributed by atoms with Crippen molar-refractivity contribution in [2.24, 2.45) is 10.8 Å². The smallest absolute Gasteiger partial charge is 0.129 e. The summed E-state index contributed by atoms with van der Waals surface area (Å²) >= 11 is 14.8. The molecule has 220 valence electrons. The fraction of sp³-hybridized carbons (Fsp3) is 0.667. The molecule has 2 aromatic carbocycles. The van der Waals surface area contributed by atoms with E-state index in [2.05, 4.69) is 62.4 Å². The van der Waals surface area contributed by atoms with Gasteiger partial charge in [-0.1, -0.05) is 63.8 Å². The Balaban J connectivity index is 1.10. The highest BCUT2D eigenvalue weighted by atomic mass is 35.5. The Kier molecular flexibility index (Phi) is 9.99. The summed E-state index contributed by atoms with van der Waals surface area (Å²) in [6.07, 6.45) is 17.7. The van der Waals surface area contributed by atoms with Crippen molar-refractivity contribution in [2.75, 3.05) is 13.2 Å². The Labute approximate surface area is 253 Å². The highest BCUT2D eigenvalue weighted by Crippen LogP contribution is 2.77. The van der Waals surface area contributed by atoms with E-state index in [0.717, 1.165) is 63.2 Å². The predicted octanol–water partition coefficient (Wildman–Crippen LogP) is 11.4. The first-order valence-electron chi connectivity index (χ1n) is 16.3. The van der Waals surface area contributed by atoms with Gasteiger partial charge in [-0.25, -0.2) is 0 Å². The fourth-order valence-electron chi connectivity index (χ4n) is 8.07. The lowest BCUT2D eigenvalue weighted by atomic mass is 9.43. The number of unbranched alkanes of at least 4 members (excludes halogenated alkanes) is 4. The lowest BCUT2D eigenvalue weighted by Crippen LogP contribution is -2.66. The summed E-state index contributed by atoms with van der Waals surface area (Å²) in [7, 11) is 0. The van der Waals surface area contributed by atoms with Crippen molar-refractivity contribution in [3.05, 3.63) is 59.7 Å². The highest BCUT2D eigenvalue weighted by molar-refractivity contribution is 6.50. The van der Waals surface area contributed by atoms with Crippen molar-refractivity contribution in [3.8, 4) is 11.5 Å². The van der Waals surface area contributed by atoms with Crippen LogP contribution < -0.4 is 9.47 Å². The molecule has 0 atom stereocenters. The molecule has 0 aromatic heterocycles. The minimum Gasteiger partial charge on any atom is -0.494 e. The van der Waals surface area contributed by atoms with Crippen molar-refractivity contribution in [3.63, 3.8) is 0 Å². The Morgan fingerprint density at radius 1 is 0.600 bits per heavy atom. The maximum absolute atomic E-state index is 7.38. The van der Waals surface area contributed by atoms with Gasteiger partial charge in [0.25, 0.3) is 0 Å². The van der Waals surface area contributed by atoms with E-state index in [0.29, 0.717) is 11.8 Å². The van der Waals surface area contributed by atoms with Gasteiger partial charge in [-0.15, -0.1) is 23.2 Å². The van der Waals surface area contributed by atoms with E-state index >= 15 is 0 Å². The fourth-order valence-corrected chi connectivity index (χ4v) is 9.09. The number of benzene rings is 2. The molecular formula is C36H50Cl2O2. The molecule has 0 radical (unpaired) electrons. The predicted molar refractivity (Wildman–Crippen MR) is 169 cm³/mol. The van der Waals surface area contributed by atoms with Crippen molar-refractivity contribution in [1.29, 1.82) is 0 Å². The zero-order chi connectivity index (χ0) is 28.1. The minimum atomic E-state index is -0.595. The molecule has 4 heteroatoms. The van der Waals surface area contributed by atoms with Crippen molar-refractivity contribution < 1.29 is 9.47 Å². The highest BCUT2D eigenvalue weighted by Gasteiger charge is 2.72. The Hall–Kier alpha value is -1.38. The third-order valence-electron chi connectivity index (χ3n) is 10.6. The normalized spacial score (nSPS) is 29.3. The van der Waals surface area contributed by atoms with Crippen LogP contribution in [0.2, 0.25) is 0 Å². The van der Waals surface area contributed by atoms with Gasteiger partial charge in [0.05, 0.1) is 13.2 Å². The zero-order valence-electron chi connectivity index (χ0n) is 24.9. The molecule has 0 N–H and O–H groups in total.